The van der Waals surface area contributed by atoms with E-state index in [0.29, 0.717) is 12.8 Å². The van der Waals surface area contributed by atoms with Gasteiger partial charge in [0.1, 0.15) is 11.5 Å². The topological polar surface area (TPSA) is 39.2 Å². The van der Waals surface area contributed by atoms with Gasteiger partial charge in [-0.25, -0.2) is 8.78 Å². The van der Waals surface area contributed by atoms with Crippen molar-refractivity contribution in [3.05, 3.63) is 23.7 Å². The number of aryl methyl sites for hydroxylation is 1. The predicted octanol–water partition coefficient (Wildman–Crippen LogP) is 4.06. The zero-order valence-corrected chi connectivity index (χ0v) is 10.8. The Morgan fingerprint density at radius 1 is 1.50 bits per heavy atom. The van der Waals surface area contributed by atoms with Crippen LogP contribution in [0.4, 0.5) is 8.78 Å². The Hall–Kier alpha value is -0.900. The monoisotopic (exact) mass is 257 g/mol. The molecule has 1 aromatic heterocycles. The van der Waals surface area contributed by atoms with Gasteiger partial charge >= 0.3 is 0 Å². The fraction of sp³-hybridized carbons (Fsp3) is 0.714. The van der Waals surface area contributed by atoms with Crippen molar-refractivity contribution in [2.45, 2.75) is 57.4 Å². The smallest absolute Gasteiger partial charge is 0.248 e. The van der Waals surface area contributed by atoms with E-state index in [0.717, 1.165) is 24.4 Å². The van der Waals surface area contributed by atoms with E-state index < -0.39 is 5.92 Å². The third-order valence-corrected chi connectivity index (χ3v) is 3.73. The first kappa shape index (κ1) is 13.5. The van der Waals surface area contributed by atoms with Gasteiger partial charge < -0.3 is 10.2 Å². The summed E-state index contributed by atoms with van der Waals surface area (Å²) in [4.78, 5) is 0. The van der Waals surface area contributed by atoms with Crippen LogP contribution >= 0.6 is 0 Å². The fourth-order valence-electron chi connectivity index (χ4n) is 2.74. The third-order valence-electron chi connectivity index (χ3n) is 3.73. The SMILES string of the molecule is CCc1ccc(C(N)CC2CCCC(F)(F)C2)o1. The van der Waals surface area contributed by atoms with Crippen LogP contribution < -0.4 is 5.73 Å². The lowest BCUT2D eigenvalue weighted by Gasteiger charge is -2.30. The van der Waals surface area contributed by atoms with Gasteiger partial charge in [0.2, 0.25) is 5.92 Å². The summed E-state index contributed by atoms with van der Waals surface area (Å²) < 4.78 is 32.2. The van der Waals surface area contributed by atoms with E-state index in [2.05, 4.69) is 0 Å². The molecule has 2 N–H and O–H groups in total. The molecule has 2 rings (SSSR count). The summed E-state index contributed by atoms with van der Waals surface area (Å²) >= 11 is 0. The Morgan fingerprint density at radius 2 is 2.28 bits per heavy atom. The number of halogens is 2. The molecule has 0 radical (unpaired) electrons. The molecular formula is C14H21F2NO. The van der Waals surface area contributed by atoms with Crippen molar-refractivity contribution >= 4 is 0 Å². The van der Waals surface area contributed by atoms with Crippen LogP contribution in [0.3, 0.4) is 0 Å². The van der Waals surface area contributed by atoms with Crippen LogP contribution in [-0.4, -0.2) is 5.92 Å². The van der Waals surface area contributed by atoms with Gasteiger partial charge in [-0.3, -0.25) is 0 Å². The summed E-state index contributed by atoms with van der Waals surface area (Å²) in [6.45, 7) is 2.01. The van der Waals surface area contributed by atoms with E-state index in [-0.39, 0.29) is 24.8 Å². The maximum atomic E-state index is 13.3. The average molecular weight is 257 g/mol. The number of nitrogens with two attached hydrogens (primary N) is 1. The number of alkyl halides is 2. The molecular weight excluding hydrogens is 236 g/mol. The highest BCUT2D eigenvalue weighted by molar-refractivity contribution is 5.10. The molecule has 2 nitrogen and oxygen atoms in total. The minimum absolute atomic E-state index is 0.0129. The molecule has 1 aliphatic rings. The molecule has 1 aliphatic carbocycles. The molecule has 0 saturated heterocycles. The van der Waals surface area contributed by atoms with Crippen LogP contribution in [0.5, 0.6) is 0 Å². The molecule has 1 aromatic rings. The molecule has 1 saturated carbocycles. The standard InChI is InChI=1S/C14H21F2NO/c1-2-11-5-6-13(18-11)12(17)8-10-4-3-7-14(15,16)9-10/h5-6,10,12H,2-4,7-9,17H2,1H3. The Kier molecular flexibility index (Phi) is 4.05. The van der Waals surface area contributed by atoms with Crippen LogP contribution in [0.1, 0.15) is 56.6 Å². The van der Waals surface area contributed by atoms with Gasteiger partial charge in [0.05, 0.1) is 6.04 Å². The summed E-state index contributed by atoms with van der Waals surface area (Å²) in [5.74, 6) is -0.866. The third kappa shape index (κ3) is 3.31. The van der Waals surface area contributed by atoms with E-state index in [4.69, 9.17) is 10.2 Å². The molecule has 102 valence electrons. The van der Waals surface area contributed by atoms with Crippen molar-refractivity contribution in [2.24, 2.45) is 11.7 Å². The second kappa shape index (κ2) is 5.39. The normalized spacial score (nSPS) is 25.0. The van der Waals surface area contributed by atoms with Crippen LogP contribution in [0.2, 0.25) is 0 Å². The van der Waals surface area contributed by atoms with Gasteiger partial charge in [0, 0.05) is 19.3 Å². The molecule has 0 spiro atoms. The van der Waals surface area contributed by atoms with Crippen LogP contribution in [-0.2, 0) is 6.42 Å². The van der Waals surface area contributed by atoms with Gasteiger partial charge in [-0.2, -0.15) is 0 Å². The Morgan fingerprint density at radius 3 is 2.89 bits per heavy atom. The lowest BCUT2D eigenvalue weighted by Crippen LogP contribution is -2.28. The van der Waals surface area contributed by atoms with E-state index in [1.54, 1.807) is 0 Å². The highest BCUT2D eigenvalue weighted by atomic mass is 19.3. The molecule has 0 amide bonds. The van der Waals surface area contributed by atoms with Crippen molar-refractivity contribution in [1.82, 2.24) is 0 Å². The second-order valence-corrected chi connectivity index (χ2v) is 5.32. The lowest BCUT2D eigenvalue weighted by atomic mass is 9.82. The minimum Gasteiger partial charge on any atom is -0.464 e. The molecule has 18 heavy (non-hydrogen) atoms. The first-order valence-electron chi connectivity index (χ1n) is 6.72. The number of hydrogen-bond donors (Lipinski definition) is 1. The summed E-state index contributed by atoms with van der Waals surface area (Å²) in [6, 6.07) is 3.51. The summed E-state index contributed by atoms with van der Waals surface area (Å²) in [6.07, 6.45) is 2.87. The van der Waals surface area contributed by atoms with Gasteiger partial charge in [-0.15, -0.1) is 0 Å². The first-order valence-corrected chi connectivity index (χ1v) is 6.72. The lowest BCUT2D eigenvalue weighted by molar-refractivity contribution is -0.0546. The molecule has 0 bridgehead atoms. The maximum absolute atomic E-state index is 13.3. The Bertz CT molecular complexity index is 389. The summed E-state index contributed by atoms with van der Waals surface area (Å²) in [5, 5.41) is 0. The molecule has 1 fully saturated rings. The quantitative estimate of drug-likeness (QED) is 0.883. The average Bonchev–Trinajstić information content (AvgIpc) is 2.76. The van der Waals surface area contributed by atoms with Crippen LogP contribution in [0, 0.1) is 5.92 Å². The molecule has 0 aliphatic heterocycles. The van der Waals surface area contributed by atoms with E-state index in [9.17, 15) is 8.78 Å². The largest absolute Gasteiger partial charge is 0.464 e. The zero-order chi connectivity index (χ0) is 13.2. The van der Waals surface area contributed by atoms with E-state index in [1.807, 2.05) is 19.1 Å². The first-order chi connectivity index (χ1) is 8.50. The number of rotatable bonds is 4. The molecule has 2 unspecified atom stereocenters. The van der Waals surface area contributed by atoms with Crippen LogP contribution in [0.25, 0.3) is 0 Å². The van der Waals surface area contributed by atoms with Gasteiger partial charge in [0.15, 0.2) is 0 Å². The highest BCUT2D eigenvalue weighted by Gasteiger charge is 2.36. The van der Waals surface area contributed by atoms with Gasteiger partial charge in [-0.05, 0) is 37.3 Å². The number of furan rings is 1. The molecule has 1 heterocycles. The van der Waals surface area contributed by atoms with Crippen molar-refractivity contribution in [1.29, 1.82) is 0 Å². The molecule has 2 atom stereocenters. The van der Waals surface area contributed by atoms with Crippen molar-refractivity contribution in [3.8, 4) is 0 Å². The number of hydrogen-bond acceptors (Lipinski definition) is 2. The predicted molar refractivity (Wildman–Crippen MR) is 66.5 cm³/mol. The Balaban J connectivity index is 1.92. The maximum Gasteiger partial charge on any atom is 0.248 e. The molecule has 4 heteroatoms. The second-order valence-electron chi connectivity index (χ2n) is 5.32. The van der Waals surface area contributed by atoms with E-state index >= 15 is 0 Å². The summed E-state index contributed by atoms with van der Waals surface area (Å²) in [7, 11) is 0. The Labute approximate surface area is 107 Å². The van der Waals surface area contributed by atoms with E-state index in [1.165, 1.54) is 0 Å². The highest BCUT2D eigenvalue weighted by Crippen LogP contribution is 2.39. The fourth-order valence-corrected chi connectivity index (χ4v) is 2.74. The van der Waals surface area contributed by atoms with Gasteiger partial charge in [0.25, 0.3) is 0 Å². The minimum atomic E-state index is -2.50. The molecule has 0 aromatic carbocycles. The van der Waals surface area contributed by atoms with Crippen LogP contribution in [0.15, 0.2) is 16.5 Å². The summed E-state index contributed by atoms with van der Waals surface area (Å²) in [5.41, 5.74) is 6.04. The zero-order valence-electron chi connectivity index (χ0n) is 10.8. The van der Waals surface area contributed by atoms with Crippen molar-refractivity contribution < 1.29 is 13.2 Å². The van der Waals surface area contributed by atoms with Crippen molar-refractivity contribution in [3.63, 3.8) is 0 Å². The van der Waals surface area contributed by atoms with Gasteiger partial charge in [-0.1, -0.05) is 6.92 Å². The van der Waals surface area contributed by atoms with Crippen molar-refractivity contribution in [2.75, 3.05) is 0 Å².